The highest BCUT2D eigenvalue weighted by molar-refractivity contribution is 5.93. The van der Waals surface area contributed by atoms with E-state index in [9.17, 15) is 14.4 Å². The number of anilines is 1. The molecule has 42 heavy (non-hydrogen) atoms. The molecule has 0 aliphatic carbocycles. The molecule has 1 aromatic heterocycles. The molecule has 3 aromatic rings. The van der Waals surface area contributed by atoms with E-state index < -0.39 is 5.54 Å². The molecule has 2 saturated heterocycles. The zero-order valence-corrected chi connectivity index (χ0v) is 24.8. The van der Waals surface area contributed by atoms with Gasteiger partial charge in [0.05, 0.1) is 17.2 Å². The van der Waals surface area contributed by atoms with Crippen LogP contribution in [0.3, 0.4) is 0 Å². The first-order valence-electron chi connectivity index (χ1n) is 15.0. The fourth-order valence-corrected chi connectivity index (χ4v) is 5.89. The quantitative estimate of drug-likeness (QED) is 0.404. The predicted molar refractivity (Wildman–Crippen MR) is 165 cm³/mol. The number of benzene rings is 2. The number of carbonyl (C=O) groups excluding carboxylic acids is 2. The van der Waals surface area contributed by atoms with Gasteiger partial charge in [0.1, 0.15) is 0 Å². The highest BCUT2D eigenvalue weighted by Crippen LogP contribution is 2.25. The predicted octanol–water partition coefficient (Wildman–Crippen LogP) is 2.49. The maximum Gasteiger partial charge on any atom is 0.261 e. The molecule has 2 aromatic carbocycles. The summed E-state index contributed by atoms with van der Waals surface area (Å²) in [5, 5.41) is 3.43. The van der Waals surface area contributed by atoms with Gasteiger partial charge in [-0.3, -0.25) is 19.0 Å². The van der Waals surface area contributed by atoms with Gasteiger partial charge in [0.15, 0.2) is 0 Å². The Hall–Kier alpha value is -3.60. The highest BCUT2D eigenvalue weighted by Gasteiger charge is 2.33. The van der Waals surface area contributed by atoms with E-state index in [1.807, 2.05) is 23.1 Å². The molecule has 2 amide bonds. The third-order valence-electron chi connectivity index (χ3n) is 8.81. The summed E-state index contributed by atoms with van der Waals surface area (Å²) in [5.41, 5.74) is 8.32. The second-order valence-corrected chi connectivity index (χ2v) is 12.1. The zero-order valence-electron chi connectivity index (χ0n) is 24.8. The van der Waals surface area contributed by atoms with Gasteiger partial charge in [0, 0.05) is 76.4 Å². The zero-order chi connectivity index (χ0) is 29.7. The molecule has 0 spiro atoms. The van der Waals surface area contributed by atoms with Crippen LogP contribution in [0.5, 0.6) is 0 Å². The van der Waals surface area contributed by atoms with Gasteiger partial charge in [-0.15, -0.1) is 0 Å². The van der Waals surface area contributed by atoms with Crippen LogP contribution in [-0.2, 0) is 16.1 Å². The second kappa shape index (κ2) is 13.1. The Bertz CT molecular complexity index is 1440. The van der Waals surface area contributed by atoms with Crippen molar-refractivity contribution in [3.63, 3.8) is 0 Å². The van der Waals surface area contributed by atoms with Gasteiger partial charge in [-0.1, -0.05) is 37.3 Å². The topological polar surface area (TPSA) is 117 Å². The number of likely N-dealkylation sites (tertiary alicyclic amines) is 1. The van der Waals surface area contributed by atoms with Crippen molar-refractivity contribution in [1.82, 2.24) is 24.3 Å². The summed E-state index contributed by atoms with van der Waals surface area (Å²) in [6.45, 7) is 8.29. The van der Waals surface area contributed by atoms with E-state index in [-0.39, 0.29) is 23.3 Å². The third-order valence-corrected chi connectivity index (χ3v) is 8.81. The van der Waals surface area contributed by atoms with E-state index in [2.05, 4.69) is 46.2 Å². The SMILES string of the molecule is C[C@H](CC(=O)N1CCC(N)(Cn2cnc3cc(NC(=O)CCN4CCN(C)CC4)ccc3c2=O)CC1)c1ccccc1. The molecule has 10 nitrogen and oxygen atoms in total. The number of fused-ring (bicyclic) bond motifs is 1. The van der Waals surface area contributed by atoms with Gasteiger partial charge in [-0.2, -0.15) is 0 Å². The van der Waals surface area contributed by atoms with Crippen LogP contribution in [-0.4, -0.2) is 94.5 Å². The number of piperazine rings is 1. The first-order valence-corrected chi connectivity index (χ1v) is 15.0. The van der Waals surface area contributed by atoms with Crippen molar-refractivity contribution in [3.8, 4) is 0 Å². The smallest absolute Gasteiger partial charge is 0.261 e. The minimum atomic E-state index is -0.599. The van der Waals surface area contributed by atoms with Crippen LogP contribution in [0.25, 0.3) is 10.9 Å². The number of rotatable bonds is 9. The molecule has 2 aliphatic rings. The summed E-state index contributed by atoms with van der Waals surface area (Å²) in [6.07, 6.45) is 3.65. The summed E-state index contributed by atoms with van der Waals surface area (Å²) in [7, 11) is 2.11. The maximum atomic E-state index is 13.3. The summed E-state index contributed by atoms with van der Waals surface area (Å²) >= 11 is 0. The molecule has 224 valence electrons. The molecular formula is C32H43N7O3. The van der Waals surface area contributed by atoms with E-state index in [1.165, 1.54) is 6.33 Å². The van der Waals surface area contributed by atoms with Crippen molar-refractivity contribution in [1.29, 1.82) is 0 Å². The molecular weight excluding hydrogens is 530 g/mol. The Balaban J connectivity index is 1.14. The molecule has 0 bridgehead atoms. The minimum absolute atomic E-state index is 0.0500. The number of hydrogen-bond acceptors (Lipinski definition) is 7. The Labute approximate surface area is 247 Å². The van der Waals surface area contributed by atoms with Gasteiger partial charge < -0.3 is 25.8 Å². The van der Waals surface area contributed by atoms with E-state index in [0.29, 0.717) is 61.9 Å². The van der Waals surface area contributed by atoms with Gasteiger partial charge in [-0.25, -0.2) is 4.98 Å². The summed E-state index contributed by atoms with van der Waals surface area (Å²) < 4.78 is 1.57. The van der Waals surface area contributed by atoms with Crippen molar-refractivity contribution in [2.75, 3.05) is 58.2 Å². The van der Waals surface area contributed by atoms with Crippen molar-refractivity contribution >= 4 is 28.4 Å². The number of nitrogens with two attached hydrogens (primary N) is 1. The minimum Gasteiger partial charge on any atom is -0.343 e. The number of aromatic nitrogens is 2. The Morgan fingerprint density at radius 1 is 1.02 bits per heavy atom. The van der Waals surface area contributed by atoms with E-state index in [1.54, 1.807) is 22.8 Å². The first-order chi connectivity index (χ1) is 20.2. The number of nitrogens with one attached hydrogen (secondary N) is 1. The molecule has 0 unspecified atom stereocenters. The van der Waals surface area contributed by atoms with Crippen molar-refractivity contribution in [2.45, 2.75) is 50.6 Å². The van der Waals surface area contributed by atoms with E-state index >= 15 is 0 Å². The Kier molecular flexibility index (Phi) is 9.35. The second-order valence-electron chi connectivity index (χ2n) is 12.1. The number of likely N-dealkylation sites (N-methyl/N-ethyl adjacent to an activating group) is 1. The number of hydrogen-bond donors (Lipinski definition) is 2. The first kappa shape index (κ1) is 29.9. The standard InChI is InChI=1S/C32H43N7O3/c1-24(25-6-4-3-5-7-25)20-30(41)38-14-11-32(33,12-15-38)22-39-23-34-28-21-26(8-9-27(28)31(39)42)35-29(40)10-13-37-18-16-36(2)17-19-37/h3-9,21,23-24H,10-20,22,33H2,1-2H3,(H,35,40)/t24-/m1/s1. The van der Waals surface area contributed by atoms with Gasteiger partial charge in [0.25, 0.3) is 5.56 Å². The third kappa shape index (κ3) is 7.42. The Morgan fingerprint density at radius 3 is 2.45 bits per heavy atom. The number of piperidine rings is 1. The lowest BCUT2D eigenvalue weighted by Crippen LogP contribution is -2.55. The molecule has 2 fully saturated rings. The number of carbonyl (C=O) groups is 2. The van der Waals surface area contributed by atoms with Crippen molar-refractivity contribution in [3.05, 3.63) is 70.8 Å². The summed E-state index contributed by atoms with van der Waals surface area (Å²) in [6, 6.07) is 15.3. The van der Waals surface area contributed by atoms with Crippen LogP contribution in [0.1, 0.15) is 44.1 Å². The van der Waals surface area contributed by atoms with Crippen LogP contribution in [0, 0.1) is 0 Å². The van der Waals surface area contributed by atoms with Crippen molar-refractivity contribution in [2.24, 2.45) is 5.73 Å². The van der Waals surface area contributed by atoms with Crippen LogP contribution < -0.4 is 16.6 Å². The summed E-state index contributed by atoms with van der Waals surface area (Å²) in [5.74, 6) is 0.243. The van der Waals surface area contributed by atoms with E-state index in [0.717, 1.165) is 38.3 Å². The lowest BCUT2D eigenvalue weighted by atomic mass is 9.87. The Morgan fingerprint density at radius 2 is 1.74 bits per heavy atom. The monoisotopic (exact) mass is 573 g/mol. The molecule has 3 heterocycles. The largest absolute Gasteiger partial charge is 0.343 e. The summed E-state index contributed by atoms with van der Waals surface area (Å²) in [4.78, 5) is 49.8. The molecule has 0 saturated carbocycles. The van der Waals surface area contributed by atoms with Gasteiger partial charge in [-0.05, 0) is 49.6 Å². The lowest BCUT2D eigenvalue weighted by Gasteiger charge is -2.39. The fourth-order valence-electron chi connectivity index (χ4n) is 5.89. The number of nitrogens with zero attached hydrogens (tertiary/aromatic N) is 5. The average Bonchev–Trinajstić information content (AvgIpc) is 2.99. The van der Waals surface area contributed by atoms with Crippen LogP contribution in [0.15, 0.2) is 59.7 Å². The molecule has 0 radical (unpaired) electrons. The van der Waals surface area contributed by atoms with Gasteiger partial charge in [0.2, 0.25) is 11.8 Å². The van der Waals surface area contributed by atoms with E-state index in [4.69, 9.17) is 5.73 Å². The molecule has 2 aliphatic heterocycles. The van der Waals surface area contributed by atoms with Crippen LogP contribution >= 0.6 is 0 Å². The molecule has 3 N–H and O–H groups in total. The number of amides is 2. The van der Waals surface area contributed by atoms with Gasteiger partial charge >= 0.3 is 0 Å². The normalized spacial score (nSPS) is 18.6. The highest BCUT2D eigenvalue weighted by atomic mass is 16.2. The molecule has 1 atom stereocenters. The molecule has 10 heteroatoms. The fraction of sp³-hybridized carbons (Fsp3) is 0.500. The van der Waals surface area contributed by atoms with Crippen LogP contribution in [0.4, 0.5) is 5.69 Å². The van der Waals surface area contributed by atoms with Crippen LogP contribution in [0.2, 0.25) is 0 Å². The van der Waals surface area contributed by atoms with Crippen molar-refractivity contribution < 1.29 is 9.59 Å². The molecule has 5 rings (SSSR count). The maximum absolute atomic E-state index is 13.3. The lowest BCUT2D eigenvalue weighted by molar-refractivity contribution is -0.133. The average molecular weight is 574 g/mol.